The number of anilines is 2. The third-order valence-corrected chi connectivity index (χ3v) is 2.52. The molecule has 0 fully saturated rings. The second-order valence-corrected chi connectivity index (χ2v) is 3.91. The Morgan fingerprint density at radius 3 is 2.40 bits per heavy atom. The molecule has 0 unspecified atom stereocenters. The quantitative estimate of drug-likeness (QED) is 0.657. The van der Waals surface area contributed by atoms with Crippen molar-refractivity contribution in [2.45, 2.75) is 0 Å². The SMILES string of the molecule is Nc1cc(F)cc(F)c1NC(=O)c1cccc(F)c1F. The number of hydrogen-bond acceptors (Lipinski definition) is 2. The number of nitrogens with one attached hydrogen (secondary N) is 1. The molecule has 2 aromatic rings. The van der Waals surface area contributed by atoms with Crippen LogP contribution in [0, 0.1) is 23.3 Å². The normalized spacial score (nSPS) is 10.4. The van der Waals surface area contributed by atoms with E-state index in [9.17, 15) is 22.4 Å². The molecule has 2 aromatic carbocycles. The number of amides is 1. The van der Waals surface area contributed by atoms with E-state index in [2.05, 4.69) is 0 Å². The second-order valence-electron chi connectivity index (χ2n) is 3.91. The van der Waals surface area contributed by atoms with Gasteiger partial charge in [0.05, 0.1) is 11.3 Å². The number of carbonyl (C=O) groups excluding carboxylic acids is 1. The van der Waals surface area contributed by atoms with Crippen LogP contribution in [0.2, 0.25) is 0 Å². The molecule has 0 aliphatic carbocycles. The van der Waals surface area contributed by atoms with Gasteiger partial charge in [-0.1, -0.05) is 6.07 Å². The van der Waals surface area contributed by atoms with Crippen molar-refractivity contribution >= 4 is 17.3 Å². The molecule has 0 atom stereocenters. The van der Waals surface area contributed by atoms with Crippen LogP contribution in [-0.2, 0) is 0 Å². The number of nitrogens with two attached hydrogens (primary N) is 1. The lowest BCUT2D eigenvalue weighted by molar-refractivity contribution is 0.102. The fourth-order valence-electron chi connectivity index (χ4n) is 1.59. The summed E-state index contributed by atoms with van der Waals surface area (Å²) in [4.78, 5) is 11.7. The van der Waals surface area contributed by atoms with Crippen molar-refractivity contribution in [1.82, 2.24) is 0 Å². The first-order chi connectivity index (χ1) is 9.40. The van der Waals surface area contributed by atoms with Crippen LogP contribution in [0.4, 0.5) is 28.9 Å². The minimum Gasteiger partial charge on any atom is -0.397 e. The summed E-state index contributed by atoms with van der Waals surface area (Å²) in [6, 6.07) is 4.27. The Labute approximate surface area is 111 Å². The molecule has 1 amide bonds. The van der Waals surface area contributed by atoms with Crippen LogP contribution in [-0.4, -0.2) is 5.91 Å². The van der Waals surface area contributed by atoms with Crippen LogP contribution in [0.1, 0.15) is 10.4 Å². The van der Waals surface area contributed by atoms with Gasteiger partial charge < -0.3 is 11.1 Å². The average Bonchev–Trinajstić information content (AvgIpc) is 2.36. The zero-order valence-electron chi connectivity index (χ0n) is 9.88. The van der Waals surface area contributed by atoms with Crippen molar-refractivity contribution in [3.05, 3.63) is 59.2 Å². The summed E-state index contributed by atoms with van der Waals surface area (Å²) in [5.74, 6) is -5.72. The topological polar surface area (TPSA) is 55.1 Å². The highest BCUT2D eigenvalue weighted by molar-refractivity contribution is 6.06. The van der Waals surface area contributed by atoms with E-state index in [1.54, 1.807) is 0 Å². The van der Waals surface area contributed by atoms with Crippen LogP contribution in [0.25, 0.3) is 0 Å². The van der Waals surface area contributed by atoms with Gasteiger partial charge in [0.25, 0.3) is 5.91 Å². The fraction of sp³-hybridized carbons (Fsp3) is 0. The molecule has 0 aromatic heterocycles. The van der Waals surface area contributed by atoms with Gasteiger partial charge in [0.1, 0.15) is 11.5 Å². The molecule has 2 rings (SSSR count). The molecule has 3 N–H and O–H groups in total. The maximum Gasteiger partial charge on any atom is 0.258 e. The van der Waals surface area contributed by atoms with Crippen LogP contribution >= 0.6 is 0 Å². The van der Waals surface area contributed by atoms with E-state index in [0.717, 1.165) is 24.3 Å². The van der Waals surface area contributed by atoms with E-state index >= 15 is 0 Å². The number of carbonyl (C=O) groups is 1. The van der Waals surface area contributed by atoms with Gasteiger partial charge in [-0.2, -0.15) is 0 Å². The standard InChI is InChI=1S/C13H8F4N2O/c14-6-4-9(16)12(10(18)5-6)19-13(20)7-2-1-3-8(15)11(7)17/h1-5H,18H2,(H,19,20). The summed E-state index contributed by atoms with van der Waals surface area (Å²) in [7, 11) is 0. The monoisotopic (exact) mass is 284 g/mol. The van der Waals surface area contributed by atoms with Crippen LogP contribution in [0.15, 0.2) is 30.3 Å². The minimum atomic E-state index is -1.37. The Morgan fingerprint density at radius 2 is 1.75 bits per heavy atom. The third kappa shape index (κ3) is 2.56. The number of nitrogen functional groups attached to an aromatic ring is 1. The van der Waals surface area contributed by atoms with E-state index in [-0.39, 0.29) is 5.69 Å². The van der Waals surface area contributed by atoms with Gasteiger partial charge in [-0.25, -0.2) is 17.6 Å². The lowest BCUT2D eigenvalue weighted by Gasteiger charge is -2.10. The first kappa shape index (κ1) is 13.9. The van der Waals surface area contributed by atoms with Gasteiger partial charge in [0.2, 0.25) is 0 Å². The van der Waals surface area contributed by atoms with Crippen molar-refractivity contribution in [3.63, 3.8) is 0 Å². The maximum absolute atomic E-state index is 13.5. The molecule has 0 heterocycles. The highest BCUT2D eigenvalue weighted by atomic mass is 19.2. The van der Waals surface area contributed by atoms with Gasteiger partial charge in [-0.3, -0.25) is 4.79 Å². The van der Waals surface area contributed by atoms with E-state index in [4.69, 9.17) is 5.73 Å². The number of rotatable bonds is 2. The Balaban J connectivity index is 2.36. The van der Waals surface area contributed by atoms with Gasteiger partial charge in [-0.05, 0) is 18.2 Å². The summed E-state index contributed by atoms with van der Waals surface area (Å²) in [5.41, 5.74) is 3.87. The van der Waals surface area contributed by atoms with Crippen LogP contribution in [0.5, 0.6) is 0 Å². The number of hydrogen-bond donors (Lipinski definition) is 2. The third-order valence-electron chi connectivity index (χ3n) is 2.52. The molecule has 0 aliphatic heterocycles. The summed E-state index contributed by atoms with van der Waals surface area (Å²) in [6.07, 6.45) is 0. The van der Waals surface area contributed by atoms with Crippen molar-refractivity contribution in [3.8, 4) is 0 Å². The number of benzene rings is 2. The summed E-state index contributed by atoms with van der Waals surface area (Å²) in [6.45, 7) is 0. The fourth-order valence-corrected chi connectivity index (χ4v) is 1.59. The van der Waals surface area contributed by atoms with Crippen molar-refractivity contribution < 1.29 is 22.4 Å². The Kier molecular flexibility index (Phi) is 3.60. The van der Waals surface area contributed by atoms with Gasteiger partial charge in [-0.15, -0.1) is 0 Å². The highest BCUT2D eigenvalue weighted by Crippen LogP contribution is 2.25. The molecule has 0 spiro atoms. The molecule has 0 radical (unpaired) electrons. The van der Waals surface area contributed by atoms with E-state index in [1.807, 2.05) is 5.32 Å². The highest BCUT2D eigenvalue weighted by Gasteiger charge is 2.18. The molecular formula is C13H8F4N2O. The Morgan fingerprint density at radius 1 is 1.05 bits per heavy atom. The molecule has 0 bridgehead atoms. The van der Waals surface area contributed by atoms with E-state index < -0.39 is 40.4 Å². The van der Waals surface area contributed by atoms with Crippen molar-refractivity contribution in [2.24, 2.45) is 0 Å². The summed E-state index contributed by atoms with van der Waals surface area (Å²) >= 11 is 0. The minimum absolute atomic E-state index is 0.368. The predicted molar refractivity (Wildman–Crippen MR) is 65.1 cm³/mol. The Bertz CT molecular complexity index is 665. The zero-order valence-corrected chi connectivity index (χ0v) is 9.88. The van der Waals surface area contributed by atoms with Gasteiger partial charge in [0.15, 0.2) is 17.5 Å². The molecule has 0 aliphatic rings. The molecule has 0 saturated carbocycles. The average molecular weight is 284 g/mol. The van der Waals surface area contributed by atoms with E-state index in [0.29, 0.717) is 6.07 Å². The van der Waals surface area contributed by atoms with Crippen molar-refractivity contribution in [2.75, 3.05) is 11.1 Å². The second kappa shape index (κ2) is 5.20. The van der Waals surface area contributed by atoms with Crippen LogP contribution in [0.3, 0.4) is 0 Å². The van der Waals surface area contributed by atoms with Crippen LogP contribution < -0.4 is 11.1 Å². The Hall–Kier alpha value is -2.57. The zero-order chi connectivity index (χ0) is 14.9. The maximum atomic E-state index is 13.5. The first-order valence-corrected chi connectivity index (χ1v) is 5.40. The molecule has 20 heavy (non-hydrogen) atoms. The largest absolute Gasteiger partial charge is 0.397 e. The molecule has 0 saturated heterocycles. The first-order valence-electron chi connectivity index (χ1n) is 5.40. The molecule has 104 valence electrons. The molecule has 3 nitrogen and oxygen atoms in total. The predicted octanol–water partition coefficient (Wildman–Crippen LogP) is 3.08. The van der Waals surface area contributed by atoms with Gasteiger partial charge in [0, 0.05) is 6.07 Å². The smallest absolute Gasteiger partial charge is 0.258 e. The molecular weight excluding hydrogens is 276 g/mol. The molecule has 7 heteroatoms. The van der Waals surface area contributed by atoms with Gasteiger partial charge >= 0.3 is 0 Å². The van der Waals surface area contributed by atoms with E-state index in [1.165, 1.54) is 0 Å². The van der Waals surface area contributed by atoms with Crippen molar-refractivity contribution in [1.29, 1.82) is 0 Å². The summed E-state index contributed by atoms with van der Waals surface area (Å²) in [5, 5.41) is 1.98. The lowest BCUT2D eigenvalue weighted by atomic mass is 10.1. The number of halogens is 4. The summed E-state index contributed by atoms with van der Waals surface area (Å²) < 4.78 is 52.7. The lowest BCUT2D eigenvalue weighted by Crippen LogP contribution is -2.16.